The number of anilines is 1. The maximum atomic E-state index is 4.62. The summed E-state index contributed by atoms with van der Waals surface area (Å²) in [7, 11) is 0. The Balaban J connectivity index is 1.87. The highest BCUT2D eigenvalue weighted by molar-refractivity contribution is 5.39. The summed E-state index contributed by atoms with van der Waals surface area (Å²) in [6.45, 7) is 14.2. The summed E-state index contributed by atoms with van der Waals surface area (Å²) in [6.07, 6.45) is 2.00. The lowest BCUT2D eigenvalue weighted by Crippen LogP contribution is -2.49. The topological polar surface area (TPSA) is 31.4 Å². The van der Waals surface area contributed by atoms with Crippen LogP contribution in [0, 0.1) is 0 Å². The van der Waals surface area contributed by atoms with Gasteiger partial charge in [0.1, 0.15) is 5.82 Å². The Morgan fingerprint density at radius 1 is 1.10 bits per heavy atom. The van der Waals surface area contributed by atoms with Crippen molar-refractivity contribution in [3.05, 3.63) is 23.9 Å². The van der Waals surface area contributed by atoms with Crippen molar-refractivity contribution >= 4 is 5.82 Å². The second kappa shape index (κ2) is 7.04. The molecule has 0 bridgehead atoms. The first-order valence-electron chi connectivity index (χ1n) is 7.73. The first-order chi connectivity index (χ1) is 9.56. The molecule has 4 nitrogen and oxygen atoms in total. The highest BCUT2D eigenvalue weighted by atomic mass is 15.3. The zero-order valence-corrected chi connectivity index (χ0v) is 13.3. The lowest BCUT2D eigenvalue weighted by molar-refractivity contribution is 0.209. The van der Waals surface area contributed by atoms with Gasteiger partial charge < -0.3 is 10.2 Å². The molecule has 1 aromatic rings. The van der Waals surface area contributed by atoms with Crippen molar-refractivity contribution < 1.29 is 0 Å². The molecule has 4 heteroatoms. The van der Waals surface area contributed by atoms with Crippen molar-refractivity contribution in [3.8, 4) is 0 Å². The Morgan fingerprint density at radius 3 is 2.30 bits per heavy atom. The van der Waals surface area contributed by atoms with E-state index >= 15 is 0 Å². The summed E-state index contributed by atoms with van der Waals surface area (Å²) >= 11 is 0. The Bertz CT molecular complexity index is 391. The second-order valence-electron chi connectivity index (χ2n) is 6.18. The van der Waals surface area contributed by atoms with Gasteiger partial charge in [-0.1, -0.05) is 19.9 Å². The molecular weight excluding hydrogens is 248 g/mol. The van der Waals surface area contributed by atoms with Gasteiger partial charge in [-0.2, -0.15) is 0 Å². The van der Waals surface area contributed by atoms with Crippen LogP contribution >= 0.6 is 0 Å². The molecule has 2 rings (SSSR count). The van der Waals surface area contributed by atoms with Gasteiger partial charge in [0, 0.05) is 51.0 Å². The van der Waals surface area contributed by atoms with Gasteiger partial charge in [-0.05, 0) is 25.5 Å². The third-order valence-corrected chi connectivity index (χ3v) is 3.89. The number of piperazine rings is 1. The molecule has 1 fully saturated rings. The number of rotatable bonds is 5. The molecule has 0 aliphatic carbocycles. The molecule has 1 aliphatic heterocycles. The molecule has 1 saturated heterocycles. The lowest BCUT2D eigenvalue weighted by atomic mass is 10.2. The number of hydrogen-bond acceptors (Lipinski definition) is 4. The van der Waals surface area contributed by atoms with Crippen LogP contribution in [0.3, 0.4) is 0 Å². The molecule has 0 unspecified atom stereocenters. The third kappa shape index (κ3) is 4.18. The zero-order valence-electron chi connectivity index (χ0n) is 13.3. The minimum absolute atomic E-state index is 0.513. The highest BCUT2D eigenvalue weighted by Gasteiger charge is 2.19. The average molecular weight is 276 g/mol. The smallest absolute Gasteiger partial charge is 0.128 e. The van der Waals surface area contributed by atoms with Gasteiger partial charge in [-0.15, -0.1) is 0 Å². The molecule has 0 saturated carbocycles. The summed E-state index contributed by atoms with van der Waals surface area (Å²) in [5.41, 5.74) is 1.25. The van der Waals surface area contributed by atoms with Gasteiger partial charge in [0.25, 0.3) is 0 Å². The third-order valence-electron chi connectivity index (χ3n) is 3.89. The quantitative estimate of drug-likeness (QED) is 0.892. The molecule has 0 spiro atoms. The van der Waals surface area contributed by atoms with Crippen molar-refractivity contribution in [2.24, 2.45) is 0 Å². The van der Waals surface area contributed by atoms with Crippen LogP contribution < -0.4 is 10.2 Å². The molecule has 0 radical (unpaired) electrons. The number of pyridine rings is 1. The van der Waals surface area contributed by atoms with Crippen molar-refractivity contribution in [2.45, 2.75) is 46.3 Å². The van der Waals surface area contributed by atoms with E-state index in [1.807, 2.05) is 6.20 Å². The fourth-order valence-electron chi connectivity index (χ4n) is 2.50. The first kappa shape index (κ1) is 15.3. The summed E-state index contributed by atoms with van der Waals surface area (Å²) < 4.78 is 0. The van der Waals surface area contributed by atoms with Crippen LogP contribution in [0.15, 0.2) is 18.3 Å². The van der Waals surface area contributed by atoms with E-state index in [0.29, 0.717) is 12.1 Å². The number of hydrogen-bond donors (Lipinski definition) is 1. The van der Waals surface area contributed by atoms with Crippen LogP contribution in [-0.4, -0.2) is 48.1 Å². The van der Waals surface area contributed by atoms with Crippen molar-refractivity contribution in [1.82, 2.24) is 15.2 Å². The Morgan fingerprint density at radius 2 is 1.80 bits per heavy atom. The van der Waals surface area contributed by atoms with Gasteiger partial charge in [0.05, 0.1) is 0 Å². The van der Waals surface area contributed by atoms with Crippen LogP contribution in [0.2, 0.25) is 0 Å². The SMILES string of the molecule is CC(C)NCc1ccc(N2CCN(C(C)C)CC2)nc1. The Hall–Kier alpha value is -1.13. The van der Waals surface area contributed by atoms with E-state index in [1.54, 1.807) is 0 Å². The maximum Gasteiger partial charge on any atom is 0.128 e. The van der Waals surface area contributed by atoms with Crippen LogP contribution in [0.4, 0.5) is 5.82 Å². The maximum absolute atomic E-state index is 4.62. The summed E-state index contributed by atoms with van der Waals surface area (Å²) in [4.78, 5) is 9.53. The predicted octanol–water partition coefficient (Wildman–Crippen LogP) is 2.11. The summed E-state index contributed by atoms with van der Waals surface area (Å²) in [5, 5.41) is 3.42. The fraction of sp³-hybridized carbons (Fsp3) is 0.688. The van der Waals surface area contributed by atoms with E-state index in [9.17, 15) is 0 Å². The fourth-order valence-corrected chi connectivity index (χ4v) is 2.50. The summed E-state index contributed by atoms with van der Waals surface area (Å²) in [5.74, 6) is 1.11. The molecule has 0 aromatic carbocycles. The number of nitrogens with zero attached hydrogens (tertiary/aromatic N) is 3. The van der Waals surface area contributed by atoms with Crippen LogP contribution in [-0.2, 0) is 6.54 Å². The largest absolute Gasteiger partial charge is 0.354 e. The molecule has 1 aromatic heterocycles. The zero-order chi connectivity index (χ0) is 14.5. The number of nitrogens with one attached hydrogen (secondary N) is 1. The van der Waals surface area contributed by atoms with Crippen molar-refractivity contribution in [3.63, 3.8) is 0 Å². The monoisotopic (exact) mass is 276 g/mol. The average Bonchev–Trinajstić information content (AvgIpc) is 2.46. The summed E-state index contributed by atoms with van der Waals surface area (Å²) in [6, 6.07) is 5.50. The van der Waals surface area contributed by atoms with Crippen LogP contribution in [0.1, 0.15) is 33.3 Å². The first-order valence-corrected chi connectivity index (χ1v) is 7.73. The van der Waals surface area contributed by atoms with E-state index in [1.165, 1.54) is 5.56 Å². The molecular formula is C16H28N4. The minimum Gasteiger partial charge on any atom is -0.354 e. The molecule has 1 aliphatic rings. The van der Waals surface area contributed by atoms with Gasteiger partial charge in [0.15, 0.2) is 0 Å². The van der Waals surface area contributed by atoms with Crippen molar-refractivity contribution in [1.29, 1.82) is 0 Å². The Kier molecular flexibility index (Phi) is 5.38. The standard InChI is InChI=1S/C16H28N4/c1-13(2)17-11-15-5-6-16(18-12-15)20-9-7-19(8-10-20)14(3)4/h5-6,12-14,17H,7-11H2,1-4H3. The predicted molar refractivity (Wildman–Crippen MR) is 85.1 cm³/mol. The molecule has 112 valence electrons. The van der Waals surface area contributed by atoms with Gasteiger partial charge in [-0.25, -0.2) is 4.98 Å². The van der Waals surface area contributed by atoms with E-state index < -0.39 is 0 Å². The lowest BCUT2D eigenvalue weighted by Gasteiger charge is -2.37. The molecule has 2 heterocycles. The van der Waals surface area contributed by atoms with Gasteiger partial charge in [-0.3, -0.25) is 4.90 Å². The Labute approximate surface area is 123 Å². The van der Waals surface area contributed by atoms with Gasteiger partial charge in [0.2, 0.25) is 0 Å². The molecule has 1 N–H and O–H groups in total. The molecule has 0 amide bonds. The van der Waals surface area contributed by atoms with Gasteiger partial charge >= 0.3 is 0 Å². The number of aromatic nitrogens is 1. The normalized spacial score (nSPS) is 17.2. The highest BCUT2D eigenvalue weighted by Crippen LogP contribution is 2.15. The minimum atomic E-state index is 0.513. The van der Waals surface area contributed by atoms with E-state index in [4.69, 9.17) is 0 Å². The molecule has 20 heavy (non-hydrogen) atoms. The van der Waals surface area contributed by atoms with Crippen LogP contribution in [0.25, 0.3) is 0 Å². The second-order valence-corrected chi connectivity index (χ2v) is 6.18. The van der Waals surface area contributed by atoms with E-state index in [2.05, 4.69) is 59.9 Å². The van der Waals surface area contributed by atoms with Crippen molar-refractivity contribution in [2.75, 3.05) is 31.1 Å². The van der Waals surface area contributed by atoms with E-state index in [-0.39, 0.29) is 0 Å². The van der Waals surface area contributed by atoms with E-state index in [0.717, 1.165) is 38.5 Å². The van der Waals surface area contributed by atoms with Crippen LogP contribution in [0.5, 0.6) is 0 Å². The molecule has 0 atom stereocenters.